The predicted octanol–water partition coefficient (Wildman–Crippen LogP) is 13.0. The van der Waals surface area contributed by atoms with Crippen LogP contribution in [0.2, 0.25) is 0 Å². The number of hydrogen-bond donors (Lipinski definition) is 4. The van der Waals surface area contributed by atoms with Gasteiger partial charge in [-0.1, -0.05) is 188 Å². The van der Waals surface area contributed by atoms with E-state index in [4.69, 9.17) is 24.5 Å². The zero-order valence-electron chi connectivity index (χ0n) is 45.5. The number of methoxy groups -OCH3 is 2. The van der Waals surface area contributed by atoms with Crippen molar-refractivity contribution in [2.24, 2.45) is 0 Å². The highest BCUT2D eigenvalue weighted by Crippen LogP contribution is 2.59. The Morgan fingerprint density at radius 3 is 1.26 bits per heavy atom. The number of carbonyl (C=O) groups is 4. The third kappa shape index (κ3) is 13.9. The molecule has 17 heteroatoms. The predicted molar refractivity (Wildman–Crippen MR) is 321 cm³/mol. The lowest BCUT2D eigenvalue weighted by molar-refractivity contribution is -0.143. The molecule has 420 valence electrons. The molecule has 5 N–H and O–H groups in total. The number of hydrogen-bond acceptors (Lipinski definition) is 13. The number of ether oxygens (including phenoxy) is 4. The molecule has 10 aromatic rings. The molecule has 10 aromatic carbocycles. The number of benzene rings is 10. The molecule has 10 rings (SSSR count). The summed E-state index contributed by atoms with van der Waals surface area (Å²) in [5.41, 5.74) is 5.34. The normalized spacial score (nSPS) is 12.7. The molecule has 0 heterocycles. The summed E-state index contributed by atoms with van der Waals surface area (Å²) in [6.07, 6.45) is -0.333. The van der Waals surface area contributed by atoms with E-state index in [1.165, 1.54) is 20.9 Å². The van der Waals surface area contributed by atoms with E-state index >= 15 is 0 Å². The minimum absolute atomic E-state index is 0.0415. The molecule has 0 spiro atoms. The minimum Gasteiger partial charge on any atom is -0.505 e. The van der Waals surface area contributed by atoms with Crippen molar-refractivity contribution in [2.75, 3.05) is 46.4 Å². The van der Waals surface area contributed by atoms with Crippen LogP contribution in [0.15, 0.2) is 194 Å². The first-order valence-electron chi connectivity index (χ1n) is 26.1. The molecular formula is C65H61NO14P2. The fourth-order valence-corrected chi connectivity index (χ4v) is 13.0. The summed E-state index contributed by atoms with van der Waals surface area (Å²) in [6.45, 7) is 2.87. The van der Waals surface area contributed by atoms with Gasteiger partial charge in [0.25, 0.3) is 0 Å². The first-order valence-corrected chi connectivity index (χ1v) is 29.9. The van der Waals surface area contributed by atoms with Crippen molar-refractivity contribution >= 4 is 98.0 Å². The zero-order chi connectivity index (χ0) is 58.6. The van der Waals surface area contributed by atoms with Crippen molar-refractivity contribution in [1.82, 2.24) is 0 Å². The molecule has 3 atom stereocenters. The van der Waals surface area contributed by atoms with Crippen LogP contribution in [-0.4, -0.2) is 79.1 Å². The highest BCUT2D eigenvalue weighted by Gasteiger charge is 2.39. The molecule has 0 bridgehead atoms. The Morgan fingerprint density at radius 2 is 0.829 bits per heavy atom. The second-order valence-electron chi connectivity index (χ2n) is 19.1. The minimum atomic E-state index is -4.86. The summed E-state index contributed by atoms with van der Waals surface area (Å²) in [7, 11) is -5.71. The van der Waals surface area contributed by atoms with Crippen LogP contribution in [0.25, 0.3) is 53.9 Å². The number of nitrogen functional groups attached to an aromatic ring is 1. The molecule has 0 aliphatic heterocycles. The molecule has 0 fully saturated rings. The summed E-state index contributed by atoms with van der Waals surface area (Å²) in [5, 5.41) is 17.7. The van der Waals surface area contributed by atoms with Crippen molar-refractivity contribution < 1.29 is 66.7 Å². The van der Waals surface area contributed by atoms with Crippen molar-refractivity contribution in [3.05, 3.63) is 216 Å². The van der Waals surface area contributed by atoms with Crippen LogP contribution in [0.1, 0.15) is 40.5 Å². The number of ketones is 2. The first-order chi connectivity index (χ1) is 39.4. The molecule has 82 heavy (non-hydrogen) atoms. The largest absolute Gasteiger partial charge is 0.505 e. The number of anilines is 1. The van der Waals surface area contributed by atoms with E-state index in [0.29, 0.717) is 44.6 Å². The number of fused-ring (bicyclic) bond motifs is 5. The van der Waals surface area contributed by atoms with Crippen molar-refractivity contribution in [3.8, 4) is 17.2 Å². The van der Waals surface area contributed by atoms with E-state index in [9.17, 15) is 43.2 Å². The third-order valence-electron chi connectivity index (χ3n) is 13.7. The third-order valence-corrected chi connectivity index (χ3v) is 17.3. The van der Waals surface area contributed by atoms with Crippen molar-refractivity contribution in [2.45, 2.75) is 31.1 Å². The SMILES string of the molecule is CCOP(C)(=O)C(C(=O)Cc1ccc2ccccc2c1OCC(=O)OC)c1cccc2ccccc12.COC(=O)COc1c(CC(=O)C(c2cccc3ccccc23)P(=O)(O)O)ccc2ccccc12.Nc1ccc2ccccc2c1O. The molecular weight excluding hydrogens is 1080 g/mol. The van der Waals surface area contributed by atoms with Crippen LogP contribution in [0.4, 0.5) is 5.69 Å². The first kappa shape index (κ1) is 59.4. The van der Waals surface area contributed by atoms with Gasteiger partial charge in [0.05, 0.1) is 26.5 Å². The number of Topliss-reactive ketones (excluding diaryl/α,β-unsaturated/α-hetero) is 2. The lowest BCUT2D eigenvalue weighted by atomic mass is 9.95. The Bertz CT molecular complexity index is 4070. The fourth-order valence-electron chi connectivity index (χ4n) is 9.95. The Morgan fingerprint density at radius 1 is 0.476 bits per heavy atom. The van der Waals surface area contributed by atoms with E-state index in [-0.39, 0.29) is 49.8 Å². The molecule has 0 aliphatic carbocycles. The van der Waals surface area contributed by atoms with Crippen molar-refractivity contribution in [1.29, 1.82) is 0 Å². The highest BCUT2D eigenvalue weighted by atomic mass is 31.2. The molecule has 0 radical (unpaired) electrons. The second-order valence-corrected chi connectivity index (χ2v) is 23.4. The van der Waals surface area contributed by atoms with E-state index in [2.05, 4.69) is 4.74 Å². The van der Waals surface area contributed by atoms with Crippen LogP contribution in [0.3, 0.4) is 0 Å². The van der Waals surface area contributed by atoms with Crippen LogP contribution < -0.4 is 15.2 Å². The van der Waals surface area contributed by atoms with E-state index in [1.807, 2.05) is 140 Å². The summed E-state index contributed by atoms with van der Waals surface area (Å²) in [5.74, 6) is -1.10. The van der Waals surface area contributed by atoms with Gasteiger partial charge in [0.1, 0.15) is 28.6 Å². The Labute approximate surface area is 473 Å². The average Bonchev–Trinajstić information content (AvgIpc) is 3.48. The van der Waals surface area contributed by atoms with Crippen LogP contribution in [0.5, 0.6) is 17.2 Å². The van der Waals surface area contributed by atoms with E-state index in [1.54, 1.807) is 61.5 Å². The van der Waals surface area contributed by atoms with Crippen LogP contribution in [-0.2, 0) is 55.1 Å². The van der Waals surface area contributed by atoms with Gasteiger partial charge in [-0.25, -0.2) is 9.59 Å². The number of phenolic OH excluding ortho intramolecular Hbond substituents is 1. The molecule has 0 amide bonds. The summed E-state index contributed by atoms with van der Waals surface area (Å²) < 4.78 is 53.0. The standard InChI is InChI=1S/C29H29O6P.C26H23O7P.C10H9NO/c1-4-35-36(3,32)29(25-15-9-12-20-10-5-7-13-23(20)25)26(30)18-22-17-16-21-11-6-8-14-24(21)28(22)34-19-27(31)33-2;1-32-24(28)16-33-25-19(14-13-18-8-3-5-11-21(18)25)15-23(27)26(34(29,30)31)22-12-6-9-17-7-2-4-10-20(17)22;11-9-6-5-7-3-1-2-4-8(7)10(9)12/h5-17,29H,4,18-19H2,1-3H3;2-14,26H,15-16H2,1H3,(H2,29,30,31);1-6,12H,11H2. The smallest absolute Gasteiger partial charge is 0.343 e. The van der Waals surface area contributed by atoms with Gasteiger partial charge < -0.3 is 44.1 Å². The fraction of sp³-hybridized carbons (Fsp3) is 0.169. The number of nitrogens with two attached hydrogens (primary N) is 1. The van der Waals surface area contributed by atoms with Crippen LogP contribution in [0, 0.1) is 0 Å². The maximum Gasteiger partial charge on any atom is 0.343 e. The van der Waals surface area contributed by atoms with Gasteiger partial charge in [0.15, 0.2) is 24.8 Å². The molecule has 0 aromatic heterocycles. The number of rotatable bonds is 18. The Balaban J connectivity index is 0.000000178. The summed E-state index contributed by atoms with van der Waals surface area (Å²) in [4.78, 5) is 71.3. The van der Waals surface area contributed by atoms with Gasteiger partial charge in [-0.15, -0.1) is 0 Å². The van der Waals surface area contributed by atoms with Gasteiger partial charge in [0, 0.05) is 46.8 Å². The van der Waals surface area contributed by atoms with Crippen LogP contribution >= 0.6 is 15.0 Å². The van der Waals surface area contributed by atoms with Gasteiger partial charge >= 0.3 is 19.5 Å². The van der Waals surface area contributed by atoms with Gasteiger partial charge in [-0.3, -0.25) is 18.7 Å². The number of carbonyl (C=O) groups excluding carboxylic acids is 4. The highest BCUT2D eigenvalue weighted by molar-refractivity contribution is 7.59. The van der Waals surface area contributed by atoms with E-state index in [0.717, 1.165) is 43.1 Å². The lowest BCUT2D eigenvalue weighted by Gasteiger charge is -2.25. The Kier molecular flexibility index (Phi) is 19.4. The van der Waals surface area contributed by atoms with Crippen molar-refractivity contribution in [3.63, 3.8) is 0 Å². The number of phenols is 1. The molecule has 0 aliphatic rings. The zero-order valence-corrected chi connectivity index (χ0v) is 47.3. The monoisotopic (exact) mass is 1140 g/mol. The summed E-state index contributed by atoms with van der Waals surface area (Å²) in [6, 6.07) is 58.9. The molecule has 0 saturated heterocycles. The molecule has 15 nitrogen and oxygen atoms in total. The second kappa shape index (κ2) is 26.7. The lowest BCUT2D eigenvalue weighted by Crippen LogP contribution is -2.18. The topological polar surface area (TPSA) is 235 Å². The average molecular weight is 1140 g/mol. The van der Waals surface area contributed by atoms with E-state index < -0.39 is 44.0 Å². The maximum absolute atomic E-state index is 14.0. The summed E-state index contributed by atoms with van der Waals surface area (Å²) >= 11 is 0. The number of aromatic hydroxyl groups is 1. The number of esters is 2. The maximum atomic E-state index is 14.0. The van der Waals surface area contributed by atoms with Gasteiger partial charge in [-0.2, -0.15) is 0 Å². The molecule has 3 unspecified atom stereocenters. The quantitative estimate of drug-likeness (QED) is 0.0271. The molecule has 0 saturated carbocycles. The van der Waals surface area contributed by atoms with Gasteiger partial charge in [-0.05, 0) is 61.8 Å². The Hall–Kier alpha value is -8.68. The van der Waals surface area contributed by atoms with Gasteiger partial charge in [0.2, 0.25) is 7.37 Å².